The molecule has 3 heterocycles. The predicted molar refractivity (Wildman–Crippen MR) is 118 cm³/mol. The largest absolute Gasteiger partial charge is 0.417 e. The van der Waals surface area contributed by atoms with Crippen LogP contribution in [0.4, 0.5) is 13.2 Å². The average Bonchev–Trinajstić information content (AvgIpc) is 2.96. The fourth-order valence-electron chi connectivity index (χ4n) is 4.52. The Balaban J connectivity index is 0.00000160. The van der Waals surface area contributed by atoms with Gasteiger partial charge in [0.05, 0.1) is 16.6 Å². The number of benzene rings is 1. The van der Waals surface area contributed by atoms with Gasteiger partial charge in [0.1, 0.15) is 0 Å². The van der Waals surface area contributed by atoms with Crippen molar-refractivity contribution in [2.75, 3.05) is 26.3 Å². The maximum atomic E-state index is 13.2. The molecule has 30 heavy (non-hydrogen) atoms. The van der Waals surface area contributed by atoms with Crippen LogP contribution in [-0.4, -0.2) is 46.3 Å². The summed E-state index contributed by atoms with van der Waals surface area (Å²) in [4.78, 5) is 17.6. The van der Waals surface area contributed by atoms with E-state index in [1.165, 1.54) is 6.07 Å². The van der Waals surface area contributed by atoms with Crippen LogP contribution in [0.25, 0.3) is 11.0 Å². The van der Waals surface area contributed by atoms with Crippen molar-refractivity contribution in [1.29, 1.82) is 0 Å². The number of ether oxygens (including phenoxy) is 1. The third-order valence-corrected chi connectivity index (χ3v) is 6.93. The van der Waals surface area contributed by atoms with Crippen LogP contribution in [0.15, 0.2) is 21.4 Å². The molecule has 2 aliphatic rings. The van der Waals surface area contributed by atoms with Crippen LogP contribution in [0.3, 0.4) is 0 Å². The zero-order valence-corrected chi connectivity index (χ0v) is 19.6. The first-order valence-corrected chi connectivity index (χ1v) is 10.3. The maximum Gasteiger partial charge on any atom is 0.417 e. The monoisotopic (exact) mass is 533 g/mol. The van der Waals surface area contributed by atoms with Gasteiger partial charge in [-0.05, 0) is 44.7 Å². The number of imidazole rings is 1. The molecule has 2 aliphatic heterocycles. The van der Waals surface area contributed by atoms with E-state index < -0.39 is 11.7 Å². The van der Waals surface area contributed by atoms with Crippen LogP contribution in [0.5, 0.6) is 0 Å². The smallest absolute Gasteiger partial charge is 0.381 e. The number of aromatic amines is 1. The third kappa shape index (κ3) is 4.70. The number of hydrogen-bond acceptors (Lipinski definition) is 3. The van der Waals surface area contributed by atoms with Crippen molar-refractivity contribution in [1.82, 2.24) is 14.5 Å². The second-order valence-electron chi connectivity index (χ2n) is 7.97. The molecule has 2 fully saturated rings. The van der Waals surface area contributed by atoms with Gasteiger partial charge in [0.15, 0.2) is 0 Å². The van der Waals surface area contributed by atoms with E-state index in [2.05, 4.69) is 32.7 Å². The predicted octanol–water partition coefficient (Wildman–Crippen LogP) is 5.16. The minimum atomic E-state index is -4.48. The number of piperidine rings is 1. The zero-order chi connectivity index (χ0) is 20.1. The average molecular weight is 535 g/mol. The molecular formula is C19H25BrCl2F3N3O2. The normalized spacial score (nSPS) is 20.6. The van der Waals surface area contributed by atoms with Crippen molar-refractivity contribution in [3.05, 3.63) is 32.7 Å². The Labute approximate surface area is 193 Å². The molecule has 2 saturated heterocycles. The van der Waals surface area contributed by atoms with Crippen LogP contribution < -0.4 is 5.69 Å². The molecule has 11 heteroatoms. The lowest BCUT2D eigenvalue weighted by Crippen LogP contribution is -2.53. The number of aromatic nitrogens is 2. The van der Waals surface area contributed by atoms with E-state index in [0.29, 0.717) is 5.52 Å². The molecule has 0 amide bonds. The summed E-state index contributed by atoms with van der Waals surface area (Å²) in [6.45, 7) is 5.54. The Kier molecular flexibility index (Phi) is 8.00. The summed E-state index contributed by atoms with van der Waals surface area (Å²) in [7, 11) is 0. The highest BCUT2D eigenvalue weighted by atomic mass is 79.9. The molecule has 0 spiro atoms. The zero-order valence-electron chi connectivity index (χ0n) is 16.4. The molecule has 2 aromatic rings. The van der Waals surface area contributed by atoms with E-state index >= 15 is 0 Å². The quantitative estimate of drug-likeness (QED) is 0.579. The molecule has 0 aliphatic carbocycles. The first-order chi connectivity index (χ1) is 13.2. The summed E-state index contributed by atoms with van der Waals surface area (Å²) in [5.74, 6) is 0. The molecule has 0 unspecified atom stereocenters. The molecule has 5 nitrogen and oxygen atoms in total. The van der Waals surface area contributed by atoms with Crippen molar-refractivity contribution in [2.24, 2.45) is 0 Å². The summed E-state index contributed by atoms with van der Waals surface area (Å²) >= 11 is 3.02. The summed E-state index contributed by atoms with van der Waals surface area (Å²) in [5, 5.41) is 0. The molecule has 1 aromatic heterocycles. The molecule has 4 rings (SSSR count). The number of H-pyrrole nitrogens is 1. The lowest BCUT2D eigenvalue weighted by atomic mass is 9.87. The molecule has 170 valence electrons. The molecule has 0 bridgehead atoms. The maximum absolute atomic E-state index is 13.2. The first kappa shape index (κ1) is 25.5. The molecular weight excluding hydrogens is 510 g/mol. The first-order valence-electron chi connectivity index (χ1n) is 9.53. The van der Waals surface area contributed by atoms with Crippen LogP contribution >= 0.6 is 40.7 Å². The van der Waals surface area contributed by atoms with Gasteiger partial charge in [0.25, 0.3) is 0 Å². The van der Waals surface area contributed by atoms with E-state index in [9.17, 15) is 18.0 Å². The minimum absolute atomic E-state index is 0. The van der Waals surface area contributed by atoms with Gasteiger partial charge in [-0.2, -0.15) is 13.2 Å². The van der Waals surface area contributed by atoms with Gasteiger partial charge in [-0.3, -0.25) is 9.47 Å². The van der Waals surface area contributed by atoms with Crippen LogP contribution in [0.2, 0.25) is 0 Å². The Bertz CT molecular complexity index is 933. The Morgan fingerprint density at radius 1 is 1.17 bits per heavy atom. The fourth-order valence-corrected chi connectivity index (χ4v) is 5.07. The summed E-state index contributed by atoms with van der Waals surface area (Å²) in [6, 6.07) is 2.39. The van der Waals surface area contributed by atoms with Gasteiger partial charge in [-0.15, -0.1) is 24.8 Å². The highest BCUT2D eigenvalue weighted by Gasteiger charge is 2.37. The van der Waals surface area contributed by atoms with Crippen molar-refractivity contribution < 1.29 is 17.9 Å². The van der Waals surface area contributed by atoms with Gasteiger partial charge < -0.3 is 9.72 Å². The van der Waals surface area contributed by atoms with Crippen LogP contribution in [0, 0.1) is 0 Å². The summed E-state index contributed by atoms with van der Waals surface area (Å²) < 4.78 is 46.5. The fraction of sp³-hybridized carbons (Fsp3) is 0.632. The van der Waals surface area contributed by atoms with Crippen LogP contribution in [-0.2, 0) is 10.9 Å². The van der Waals surface area contributed by atoms with Crippen molar-refractivity contribution in [3.8, 4) is 0 Å². The van der Waals surface area contributed by atoms with Gasteiger partial charge >= 0.3 is 11.9 Å². The molecule has 0 radical (unpaired) electrons. The van der Waals surface area contributed by atoms with Gasteiger partial charge in [0.2, 0.25) is 0 Å². The number of rotatable bonds is 2. The van der Waals surface area contributed by atoms with E-state index in [4.69, 9.17) is 4.74 Å². The highest BCUT2D eigenvalue weighted by molar-refractivity contribution is 9.10. The number of halogens is 6. The van der Waals surface area contributed by atoms with E-state index in [1.807, 2.05) is 0 Å². The van der Waals surface area contributed by atoms with Crippen molar-refractivity contribution in [2.45, 2.75) is 50.4 Å². The second-order valence-corrected chi connectivity index (χ2v) is 8.83. The molecule has 0 atom stereocenters. The molecule has 1 N–H and O–H groups in total. The van der Waals surface area contributed by atoms with Crippen molar-refractivity contribution in [3.63, 3.8) is 0 Å². The summed E-state index contributed by atoms with van der Waals surface area (Å²) in [5.41, 5.74) is -0.272. The van der Waals surface area contributed by atoms with Crippen molar-refractivity contribution >= 4 is 51.8 Å². The molecule has 1 aromatic carbocycles. The topological polar surface area (TPSA) is 50.3 Å². The summed E-state index contributed by atoms with van der Waals surface area (Å²) in [6.07, 6.45) is -0.893. The van der Waals surface area contributed by atoms with Gasteiger partial charge in [-0.25, -0.2) is 4.79 Å². The second kappa shape index (κ2) is 9.40. The van der Waals surface area contributed by atoms with E-state index in [-0.39, 0.29) is 52.1 Å². The van der Waals surface area contributed by atoms with Gasteiger partial charge in [-0.1, -0.05) is 15.9 Å². The standard InChI is InChI=1S/C19H23BrF3N3O2.2ClH/c1-18(4-8-28-9-5-18)25-6-2-12(3-7-25)26-16-11-14(20)13(19(21,22)23)10-15(16)24-17(26)27;;/h10-12H,2-9H2,1H3,(H,24,27);2*1H. The highest BCUT2D eigenvalue weighted by Crippen LogP contribution is 2.38. The lowest BCUT2D eigenvalue weighted by Gasteiger charge is -2.47. The number of fused-ring (bicyclic) bond motifs is 1. The Hall–Kier alpha value is -0.740. The Morgan fingerprint density at radius 2 is 1.77 bits per heavy atom. The minimum Gasteiger partial charge on any atom is -0.381 e. The SMILES string of the molecule is CC1(N2CCC(n3c(=O)[nH]c4cc(C(F)(F)F)c(Br)cc43)CC2)CCOCC1.Cl.Cl. The van der Waals surface area contributed by atoms with Crippen LogP contribution in [0.1, 0.15) is 44.2 Å². The van der Waals surface area contributed by atoms with Gasteiger partial charge in [0, 0.05) is 42.4 Å². The Morgan fingerprint density at radius 3 is 2.33 bits per heavy atom. The van der Waals surface area contributed by atoms with E-state index in [0.717, 1.165) is 58.1 Å². The van der Waals surface area contributed by atoms with E-state index in [1.54, 1.807) is 4.57 Å². The number of nitrogens with one attached hydrogen (secondary N) is 1. The number of likely N-dealkylation sites (tertiary alicyclic amines) is 1. The number of hydrogen-bond donors (Lipinski definition) is 1. The lowest BCUT2D eigenvalue weighted by molar-refractivity contribution is -0.138. The molecule has 0 saturated carbocycles. The number of nitrogens with zero attached hydrogens (tertiary/aromatic N) is 2. The number of alkyl halides is 3. The third-order valence-electron chi connectivity index (χ3n) is 6.27.